The Bertz CT molecular complexity index is 541. The summed E-state index contributed by atoms with van der Waals surface area (Å²) < 4.78 is 0. The van der Waals surface area contributed by atoms with E-state index in [1.54, 1.807) is 30.0 Å². The third kappa shape index (κ3) is 2.97. The van der Waals surface area contributed by atoms with Crippen LogP contribution in [0.3, 0.4) is 0 Å². The number of carbonyl (C=O) groups excluding carboxylic acids is 2. The molecule has 2 amide bonds. The lowest BCUT2D eigenvalue weighted by Crippen LogP contribution is -2.56. The molecular formula is C13H14N2O4. The molecule has 1 unspecified atom stereocenters. The molecule has 1 atom stereocenters. The van der Waals surface area contributed by atoms with Gasteiger partial charge in [0.1, 0.15) is 0 Å². The molecule has 1 aliphatic rings. The number of carboxylic acid groups (broad SMARTS) is 1. The second kappa shape index (κ2) is 5.19. The summed E-state index contributed by atoms with van der Waals surface area (Å²) in [5.74, 6) is -1.66. The fourth-order valence-electron chi connectivity index (χ4n) is 2.00. The number of hydrogen-bond donors (Lipinski definition) is 2. The van der Waals surface area contributed by atoms with Crippen molar-refractivity contribution in [3.63, 3.8) is 0 Å². The van der Waals surface area contributed by atoms with Gasteiger partial charge in [0.15, 0.2) is 0 Å². The van der Waals surface area contributed by atoms with Gasteiger partial charge in [0, 0.05) is 6.54 Å². The van der Waals surface area contributed by atoms with Crippen molar-refractivity contribution < 1.29 is 19.5 Å². The molecule has 0 aromatic heterocycles. The zero-order chi connectivity index (χ0) is 14.0. The number of nitrogens with zero attached hydrogens (tertiary/aromatic N) is 1. The number of piperazine rings is 1. The first-order chi connectivity index (χ1) is 8.97. The van der Waals surface area contributed by atoms with E-state index in [9.17, 15) is 14.4 Å². The molecule has 0 saturated carbocycles. The van der Waals surface area contributed by atoms with Crippen molar-refractivity contribution in [2.75, 3.05) is 6.54 Å². The van der Waals surface area contributed by atoms with Crippen molar-refractivity contribution in [2.45, 2.75) is 19.5 Å². The van der Waals surface area contributed by atoms with Crippen molar-refractivity contribution >= 4 is 17.8 Å². The van der Waals surface area contributed by atoms with Gasteiger partial charge in [0.05, 0.1) is 18.2 Å². The molecule has 6 nitrogen and oxygen atoms in total. The highest BCUT2D eigenvalue weighted by atomic mass is 16.4. The van der Waals surface area contributed by atoms with E-state index in [2.05, 4.69) is 5.32 Å². The number of hydrogen-bond acceptors (Lipinski definition) is 4. The Balaban J connectivity index is 2.16. The minimum Gasteiger partial charge on any atom is -0.478 e. The molecule has 0 aliphatic carbocycles. The van der Waals surface area contributed by atoms with Gasteiger partial charge in [-0.2, -0.15) is 0 Å². The maximum absolute atomic E-state index is 11.5. The Morgan fingerprint density at radius 1 is 1.47 bits per heavy atom. The predicted molar refractivity (Wildman–Crippen MR) is 66.4 cm³/mol. The fraction of sp³-hybridized carbons (Fsp3) is 0.308. The third-order valence-corrected chi connectivity index (χ3v) is 3.10. The highest BCUT2D eigenvalue weighted by molar-refractivity contribution is 6.00. The quantitative estimate of drug-likeness (QED) is 0.762. The Morgan fingerprint density at radius 2 is 2.21 bits per heavy atom. The fourth-order valence-corrected chi connectivity index (χ4v) is 2.00. The van der Waals surface area contributed by atoms with E-state index in [4.69, 9.17) is 5.11 Å². The molecule has 2 N–H and O–H groups in total. The topological polar surface area (TPSA) is 86.7 Å². The van der Waals surface area contributed by atoms with Gasteiger partial charge in [-0.15, -0.1) is 0 Å². The minimum atomic E-state index is -0.998. The summed E-state index contributed by atoms with van der Waals surface area (Å²) in [6.07, 6.45) is 0. The summed E-state index contributed by atoms with van der Waals surface area (Å²) in [6, 6.07) is 6.06. The van der Waals surface area contributed by atoms with Gasteiger partial charge < -0.3 is 5.11 Å². The summed E-state index contributed by atoms with van der Waals surface area (Å²) in [5.41, 5.74) is 0.951. The highest BCUT2D eigenvalue weighted by Crippen LogP contribution is 2.13. The molecule has 0 radical (unpaired) electrons. The second-order valence-electron chi connectivity index (χ2n) is 4.50. The van der Waals surface area contributed by atoms with Crippen LogP contribution in [0.25, 0.3) is 0 Å². The van der Waals surface area contributed by atoms with Gasteiger partial charge in [-0.05, 0) is 24.6 Å². The standard InChI is InChI=1S/C13H14N2O4/c1-8-12(17)14-11(16)7-15(8)6-9-3-2-4-10(5-9)13(18)19/h2-5,8H,6-7H2,1H3,(H,18,19)(H,14,16,17). The molecule has 1 aliphatic heterocycles. The van der Waals surface area contributed by atoms with Crippen molar-refractivity contribution in [3.05, 3.63) is 35.4 Å². The van der Waals surface area contributed by atoms with Crippen molar-refractivity contribution in [1.82, 2.24) is 10.2 Å². The first-order valence-electron chi connectivity index (χ1n) is 5.87. The van der Waals surface area contributed by atoms with Crippen LogP contribution in [0.15, 0.2) is 24.3 Å². The highest BCUT2D eigenvalue weighted by Gasteiger charge is 2.29. The summed E-state index contributed by atoms with van der Waals surface area (Å²) >= 11 is 0. The lowest BCUT2D eigenvalue weighted by Gasteiger charge is -2.31. The molecule has 1 fully saturated rings. The van der Waals surface area contributed by atoms with Crippen LogP contribution < -0.4 is 5.32 Å². The number of carboxylic acids is 1. The van der Waals surface area contributed by atoms with E-state index in [0.29, 0.717) is 6.54 Å². The van der Waals surface area contributed by atoms with E-state index in [-0.39, 0.29) is 23.9 Å². The lowest BCUT2D eigenvalue weighted by atomic mass is 10.1. The van der Waals surface area contributed by atoms with Gasteiger partial charge in [-0.3, -0.25) is 19.8 Å². The maximum atomic E-state index is 11.5. The molecule has 6 heteroatoms. The van der Waals surface area contributed by atoms with Crippen LogP contribution in [-0.4, -0.2) is 40.4 Å². The van der Waals surface area contributed by atoms with Gasteiger partial charge in [-0.1, -0.05) is 12.1 Å². The van der Waals surface area contributed by atoms with Crippen LogP contribution in [0.4, 0.5) is 0 Å². The van der Waals surface area contributed by atoms with Crippen molar-refractivity contribution in [3.8, 4) is 0 Å². The van der Waals surface area contributed by atoms with Gasteiger partial charge >= 0.3 is 5.97 Å². The lowest BCUT2D eigenvalue weighted by molar-refractivity contribution is -0.139. The van der Waals surface area contributed by atoms with Crippen molar-refractivity contribution in [2.24, 2.45) is 0 Å². The van der Waals surface area contributed by atoms with Crippen LogP contribution in [0, 0.1) is 0 Å². The molecule has 100 valence electrons. The summed E-state index contributed by atoms with van der Waals surface area (Å²) in [5, 5.41) is 11.2. The Kier molecular flexibility index (Phi) is 3.62. The molecule has 0 bridgehead atoms. The number of aromatic carboxylic acids is 1. The molecule has 1 aromatic carbocycles. The third-order valence-electron chi connectivity index (χ3n) is 3.10. The number of rotatable bonds is 3. The Labute approximate surface area is 110 Å². The minimum absolute atomic E-state index is 0.129. The van der Waals surface area contributed by atoms with Crippen LogP contribution >= 0.6 is 0 Å². The van der Waals surface area contributed by atoms with Crippen LogP contribution in [0.5, 0.6) is 0 Å². The normalized spacial score (nSPS) is 20.2. The predicted octanol–water partition coefficient (Wildman–Crippen LogP) is 0.232. The largest absolute Gasteiger partial charge is 0.478 e. The SMILES string of the molecule is CC1C(=O)NC(=O)CN1Cc1cccc(C(=O)O)c1. The Morgan fingerprint density at radius 3 is 2.89 bits per heavy atom. The number of nitrogens with one attached hydrogen (secondary N) is 1. The van der Waals surface area contributed by atoms with Gasteiger partial charge in [-0.25, -0.2) is 4.79 Å². The zero-order valence-corrected chi connectivity index (χ0v) is 10.4. The second-order valence-corrected chi connectivity index (χ2v) is 4.50. The molecule has 1 saturated heterocycles. The number of amides is 2. The average molecular weight is 262 g/mol. The van der Waals surface area contributed by atoms with Gasteiger partial charge in [0.2, 0.25) is 11.8 Å². The van der Waals surface area contributed by atoms with Crippen LogP contribution in [0.1, 0.15) is 22.8 Å². The molecule has 2 rings (SSSR count). The van der Waals surface area contributed by atoms with Crippen LogP contribution in [-0.2, 0) is 16.1 Å². The molecule has 0 spiro atoms. The number of imide groups is 1. The Hall–Kier alpha value is -2.21. The summed E-state index contributed by atoms with van der Waals surface area (Å²) in [6.45, 7) is 2.20. The van der Waals surface area contributed by atoms with Crippen LogP contribution in [0.2, 0.25) is 0 Å². The average Bonchev–Trinajstić information content (AvgIpc) is 2.35. The first kappa shape index (κ1) is 13.2. The maximum Gasteiger partial charge on any atom is 0.335 e. The molecule has 1 heterocycles. The molecule has 1 aromatic rings. The monoisotopic (exact) mass is 262 g/mol. The smallest absolute Gasteiger partial charge is 0.335 e. The summed E-state index contributed by atoms with van der Waals surface area (Å²) in [4.78, 5) is 35.4. The van der Waals surface area contributed by atoms with E-state index in [1.165, 1.54) is 6.07 Å². The zero-order valence-electron chi connectivity index (χ0n) is 10.4. The number of benzene rings is 1. The van der Waals surface area contributed by atoms with Gasteiger partial charge in [0.25, 0.3) is 0 Å². The van der Waals surface area contributed by atoms with Crippen molar-refractivity contribution in [1.29, 1.82) is 0 Å². The number of carbonyl (C=O) groups is 3. The van der Waals surface area contributed by atoms with E-state index in [0.717, 1.165) is 5.56 Å². The van der Waals surface area contributed by atoms with E-state index >= 15 is 0 Å². The first-order valence-corrected chi connectivity index (χ1v) is 5.87. The molecular weight excluding hydrogens is 248 g/mol. The summed E-state index contributed by atoms with van der Waals surface area (Å²) in [7, 11) is 0. The molecule has 19 heavy (non-hydrogen) atoms. The van der Waals surface area contributed by atoms with E-state index < -0.39 is 12.0 Å². The van der Waals surface area contributed by atoms with E-state index in [1.807, 2.05) is 0 Å².